The zero-order valence-electron chi connectivity index (χ0n) is 50.8. The molecule has 15 N–H and O–H groups in total. The average Bonchev–Trinajstić information content (AvgIpc) is 2.65. The van der Waals surface area contributed by atoms with Crippen molar-refractivity contribution in [3.05, 3.63) is 59.8 Å². The summed E-state index contributed by atoms with van der Waals surface area (Å²) >= 11 is 0. The number of likely N-dealkylation sites (tertiary alicyclic amines) is 1. The van der Waals surface area contributed by atoms with E-state index in [1.165, 1.54) is 11.1 Å². The smallest absolute Gasteiger partial charge is 0.481 e. The number of nitrogens with two attached hydrogens (primary N) is 2. The molecule has 0 bridgehead atoms. The molecule has 2 heterocycles. The Labute approximate surface area is 518 Å². The van der Waals surface area contributed by atoms with Crippen molar-refractivity contribution in [1.29, 1.82) is 0 Å². The number of unbranched alkanes of at least 4 members (excludes halogenated alkanes) is 2. The number of ether oxygens (including phenoxy) is 1. The molecular formula is C58H84F3N13O16. The third kappa shape index (κ3) is 27.7. The van der Waals surface area contributed by atoms with Crippen LogP contribution in [-0.2, 0) is 68.7 Å². The lowest BCUT2D eigenvalue weighted by Crippen LogP contribution is -2.59. The second kappa shape index (κ2) is 38.6. The standard InChI is InChI=1S/C58H84F3N13O16/c1-33(2)29-41(72-55(87)43-16-12-28-74(43)46(76)17-9-6-10-27-64-49(81)36-19-23-44(73-63)65-31-36)50(82)66-32-45(75)67-38(20-18-35-13-7-5-8-14-35)52(84)68-37(15-11-26-62)51(83)71-42(30-34(3)4)54(86)69-39(21-24-47(77)78)53(85)70-40(22-25-48(79)80)56(88)90-57(89)58(59,60)61/h5,7-8,13-14,19,23,31,33-34,37-43H,6,9-12,15-18,20-22,24-30,32,62-63H2,1-4H3,(H,64,81)(H,65,73)(H,66,82)(H,67,75)(H,68,84)(H,69,86)(H,70,85)(H,71,83)(H,72,87)(H,77,78)(H,79,80)/t37-,38-,39-,40-,41-,42-,43-/m0/s1. The van der Waals surface area contributed by atoms with Crippen molar-refractivity contribution in [2.75, 3.05) is 31.6 Å². The van der Waals surface area contributed by atoms with E-state index in [9.17, 15) is 80.6 Å². The molecular weight excluding hydrogens is 1190 g/mol. The van der Waals surface area contributed by atoms with E-state index in [0.29, 0.717) is 56.6 Å². The van der Waals surface area contributed by atoms with Gasteiger partial charge in [-0.15, -0.1) is 0 Å². The Hall–Kier alpha value is -8.81. The molecule has 0 saturated carbocycles. The first-order valence-electron chi connectivity index (χ1n) is 29.6. The number of nitrogens with zero attached hydrogens (tertiary/aromatic N) is 2. The number of hydrogen-bond acceptors (Lipinski definition) is 18. The number of carboxylic acids is 2. The lowest BCUT2D eigenvalue weighted by molar-refractivity contribution is -0.202. The molecule has 29 nitrogen and oxygen atoms in total. The van der Waals surface area contributed by atoms with E-state index in [-0.39, 0.29) is 75.1 Å². The number of hydrogen-bond donors (Lipinski definition) is 13. The number of carbonyl (C=O) groups is 13. The number of alkyl halides is 3. The quantitative estimate of drug-likeness (QED) is 0.0142. The van der Waals surface area contributed by atoms with Gasteiger partial charge in [-0.25, -0.2) is 20.4 Å². The molecule has 90 heavy (non-hydrogen) atoms. The van der Waals surface area contributed by atoms with E-state index in [1.54, 1.807) is 56.3 Å². The fourth-order valence-electron chi connectivity index (χ4n) is 9.36. The summed E-state index contributed by atoms with van der Waals surface area (Å²) < 4.78 is 42.6. The molecule has 2 aromatic rings. The first-order chi connectivity index (χ1) is 42.5. The van der Waals surface area contributed by atoms with Gasteiger partial charge in [0.05, 0.1) is 12.1 Å². The van der Waals surface area contributed by atoms with E-state index in [1.807, 2.05) is 19.2 Å². The van der Waals surface area contributed by atoms with Gasteiger partial charge >= 0.3 is 30.1 Å². The van der Waals surface area contributed by atoms with Crippen LogP contribution in [0.15, 0.2) is 48.7 Å². The second-order valence-electron chi connectivity index (χ2n) is 22.3. The van der Waals surface area contributed by atoms with Gasteiger partial charge in [-0.2, -0.15) is 13.2 Å². The molecule has 1 saturated heterocycles. The molecule has 0 spiro atoms. The number of amides is 9. The highest BCUT2D eigenvalue weighted by Crippen LogP contribution is 2.21. The number of halogens is 3. The van der Waals surface area contributed by atoms with Crippen LogP contribution < -0.4 is 59.5 Å². The minimum absolute atomic E-state index is 0.0140. The largest absolute Gasteiger partial charge is 0.491 e. The molecule has 1 aromatic heterocycles. The first-order valence-corrected chi connectivity index (χ1v) is 29.6. The van der Waals surface area contributed by atoms with Gasteiger partial charge in [-0.3, -0.25) is 52.7 Å². The van der Waals surface area contributed by atoms with Gasteiger partial charge < -0.3 is 73.5 Å². The van der Waals surface area contributed by atoms with Crippen LogP contribution in [0.5, 0.6) is 0 Å². The van der Waals surface area contributed by atoms with Crippen molar-refractivity contribution in [1.82, 2.24) is 52.4 Å². The summed E-state index contributed by atoms with van der Waals surface area (Å²) in [5, 5.41) is 38.6. The van der Waals surface area contributed by atoms with Gasteiger partial charge in [0.1, 0.15) is 48.1 Å². The number of carboxylic acid groups (broad SMARTS) is 2. The highest BCUT2D eigenvalue weighted by atomic mass is 19.4. The average molecular weight is 1280 g/mol. The molecule has 0 aliphatic carbocycles. The van der Waals surface area contributed by atoms with Gasteiger partial charge in [0.2, 0.25) is 47.3 Å². The van der Waals surface area contributed by atoms with E-state index in [2.05, 4.69) is 52.4 Å². The fourth-order valence-corrected chi connectivity index (χ4v) is 9.36. The number of benzene rings is 1. The number of nitrogen functional groups attached to an aromatic ring is 1. The van der Waals surface area contributed by atoms with Gasteiger partial charge in [0, 0.05) is 38.5 Å². The van der Waals surface area contributed by atoms with E-state index >= 15 is 0 Å². The Balaban J connectivity index is 1.74. The fraction of sp³-hybridized carbons (Fsp3) is 0.586. The summed E-state index contributed by atoms with van der Waals surface area (Å²) in [7, 11) is 0. The Morgan fingerprint density at radius 3 is 1.76 bits per heavy atom. The number of esters is 2. The van der Waals surface area contributed by atoms with Crippen molar-refractivity contribution in [2.45, 2.75) is 179 Å². The second-order valence-corrected chi connectivity index (χ2v) is 22.3. The number of hydrazine groups is 1. The van der Waals surface area contributed by atoms with E-state index in [0.717, 1.165) is 5.56 Å². The third-order valence-electron chi connectivity index (χ3n) is 14.0. The molecule has 3 rings (SSSR count). The molecule has 9 amide bonds. The molecule has 32 heteroatoms. The number of pyridine rings is 1. The Kier molecular flexibility index (Phi) is 32.3. The zero-order chi connectivity index (χ0) is 67.1. The van der Waals surface area contributed by atoms with Crippen LogP contribution in [0.25, 0.3) is 0 Å². The van der Waals surface area contributed by atoms with Crippen molar-refractivity contribution >= 4 is 82.9 Å². The van der Waals surface area contributed by atoms with Gasteiger partial charge in [0.15, 0.2) is 0 Å². The molecule has 1 aliphatic rings. The summed E-state index contributed by atoms with van der Waals surface area (Å²) in [5.41, 5.74) is 9.30. The monoisotopic (exact) mass is 1280 g/mol. The highest BCUT2D eigenvalue weighted by Gasteiger charge is 2.44. The predicted octanol–water partition coefficient (Wildman–Crippen LogP) is 0.499. The summed E-state index contributed by atoms with van der Waals surface area (Å²) in [6, 6.07) is 1.47. The zero-order valence-corrected chi connectivity index (χ0v) is 50.8. The highest BCUT2D eigenvalue weighted by molar-refractivity contribution is 5.99. The van der Waals surface area contributed by atoms with Crippen LogP contribution in [0.3, 0.4) is 0 Å². The third-order valence-corrected chi connectivity index (χ3v) is 14.0. The van der Waals surface area contributed by atoms with Crippen LogP contribution in [-0.4, -0.2) is 172 Å². The summed E-state index contributed by atoms with van der Waals surface area (Å²) in [6.45, 7) is 6.96. The number of rotatable bonds is 39. The number of aryl methyl sites for hydroxylation is 1. The molecule has 7 atom stereocenters. The lowest BCUT2D eigenvalue weighted by Gasteiger charge is -2.28. The maximum absolute atomic E-state index is 14.3. The van der Waals surface area contributed by atoms with E-state index in [4.69, 9.17) is 16.7 Å². The van der Waals surface area contributed by atoms with Crippen LogP contribution in [0, 0.1) is 11.8 Å². The molecule has 498 valence electrons. The SMILES string of the molecule is CC(C)C[C@H](NC(=O)[C@H](CCCN)NC(=O)[C@H](CCc1ccccc1)NC(=O)CNC(=O)[C@H](CC(C)C)NC(=O)[C@@H]1CCCN1C(=O)CCCCCNC(=O)c1ccc(NN)nc1)C(=O)N[C@@H](CCC(=O)O)C(=O)N[C@@H](CCC(=O)O)C(=O)OC(=O)C(F)(F)F. The topological polar surface area (TPSA) is 448 Å². The molecule has 1 aromatic carbocycles. The maximum Gasteiger partial charge on any atom is 0.491 e. The number of aromatic nitrogens is 1. The Bertz CT molecular complexity index is 2780. The van der Waals surface area contributed by atoms with E-state index < -0.39 is 146 Å². The Morgan fingerprint density at radius 1 is 0.644 bits per heavy atom. The predicted molar refractivity (Wildman–Crippen MR) is 315 cm³/mol. The van der Waals surface area contributed by atoms with Crippen LogP contribution in [0.1, 0.15) is 140 Å². The van der Waals surface area contributed by atoms with Crippen LogP contribution in [0.4, 0.5) is 19.0 Å². The normalized spacial score (nSPS) is 14.9. The minimum atomic E-state index is -5.67. The Morgan fingerprint density at radius 2 is 1.20 bits per heavy atom. The number of carbonyl (C=O) groups excluding carboxylic acids is 11. The van der Waals surface area contributed by atoms with Crippen molar-refractivity contribution in [2.24, 2.45) is 23.4 Å². The van der Waals surface area contributed by atoms with Gasteiger partial charge in [-0.1, -0.05) is 64.4 Å². The maximum atomic E-state index is 14.3. The van der Waals surface area contributed by atoms with Crippen molar-refractivity contribution < 1.29 is 90.5 Å². The lowest BCUT2D eigenvalue weighted by atomic mass is 10.0. The molecule has 0 radical (unpaired) electrons. The van der Waals surface area contributed by atoms with Crippen molar-refractivity contribution in [3.63, 3.8) is 0 Å². The number of aliphatic carboxylic acids is 2. The summed E-state index contributed by atoms with van der Waals surface area (Å²) in [5.74, 6) is -9.90. The van der Waals surface area contributed by atoms with Crippen molar-refractivity contribution in [3.8, 4) is 0 Å². The summed E-state index contributed by atoms with van der Waals surface area (Å²) in [6.07, 6.45) is -4.77. The summed E-state index contributed by atoms with van der Waals surface area (Å²) in [4.78, 5) is 176. The molecule has 0 unspecified atom stereocenters. The number of nitrogens with one attached hydrogen (secondary N) is 9. The molecule has 1 fully saturated rings. The minimum Gasteiger partial charge on any atom is -0.481 e. The van der Waals surface area contributed by atoms with Gasteiger partial charge in [-0.05, 0) is 113 Å². The molecule has 1 aliphatic heterocycles. The van der Waals surface area contributed by atoms with Crippen LogP contribution in [0.2, 0.25) is 0 Å². The van der Waals surface area contributed by atoms with Gasteiger partial charge in [0.25, 0.3) is 5.91 Å². The first kappa shape index (κ1) is 75.4. The van der Waals surface area contributed by atoms with Crippen LogP contribution >= 0.6 is 0 Å². The number of anilines is 1.